The first-order valence-electron chi connectivity index (χ1n) is 18.2. The minimum Gasteiger partial charge on any atom is -0.491 e. The van der Waals surface area contributed by atoms with Gasteiger partial charge in [-0.25, -0.2) is 14.5 Å². The Morgan fingerprint density at radius 3 is 1.92 bits per heavy atom. The van der Waals surface area contributed by atoms with Crippen LogP contribution in [0, 0.1) is 0 Å². The second-order valence-corrected chi connectivity index (χ2v) is 23.3. The number of piperazine rings is 1. The Bertz CT molecular complexity index is 1590. The number of ether oxygens (including phenoxy) is 3. The summed E-state index contributed by atoms with van der Waals surface area (Å²) in [6, 6.07) is 12.5. The van der Waals surface area contributed by atoms with Crippen LogP contribution < -0.4 is 9.64 Å². The van der Waals surface area contributed by atoms with Crippen LogP contribution in [0.25, 0.3) is 0 Å². The Hall–Kier alpha value is -3.08. The molecule has 2 amide bonds. The summed E-state index contributed by atoms with van der Waals surface area (Å²) in [6.45, 7) is 31.2. The van der Waals surface area contributed by atoms with E-state index < -0.39 is 31.0 Å². The first-order valence-corrected chi connectivity index (χ1v) is 21.1. The van der Waals surface area contributed by atoms with E-state index in [1.54, 1.807) is 9.80 Å². The number of amides is 2. The van der Waals surface area contributed by atoms with Gasteiger partial charge in [0.15, 0.2) is 8.32 Å². The highest BCUT2D eigenvalue weighted by molar-refractivity contribution is 6.74. The third-order valence-corrected chi connectivity index (χ3v) is 15.0. The molecular weight excluding hydrogens is 647 g/mol. The lowest BCUT2D eigenvalue weighted by atomic mass is 9.73. The summed E-state index contributed by atoms with van der Waals surface area (Å²) in [7, 11) is -1.96. The van der Waals surface area contributed by atoms with E-state index in [2.05, 4.69) is 76.9 Å². The lowest BCUT2D eigenvalue weighted by molar-refractivity contribution is 0.0138. The molecule has 9 nitrogen and oxygen atoms in total. The smallest absolute Gasteiger partial charge is 0.419 e. The molecule has 2 aromatic rings. The molecule has 1 saturated carbocycles. The maximum atomic E-state index is 14.0. The molecule has 3 aliphatic rings. The van der Waals surface area contributed by atoms with E-state index in [9.17, 15) is 9.59 Å². The summed E-state index contributed by atoms with van der Waals surface area (Å²) < 4.78 is 24.9. The van der Waals surface area contributed by atoms with Crippen molar-refractivity contribution in [2.45, 2.75) is 136 Å². The van der Waals surface area contributed by atoms with Crippen molar-refractivity contribution in [2.75, 3.05) is 37.7 Å². The summed E-state index contributed by atoms with van der Waals surface area (Å²) in [5, 5.41) is 0.123. The zero-order valence-corrected chi connectivity index (χ0v) is 33.9. The van der Waals surface area contributed by atoms with Crippen molar-refractivity contribution < 1.29 is 28.2 Å². The molecule has 0 N–H and O–H groups in total. The van der Waals surface area contributed by atoms with Gasteiger partial charge in [0.2, 0.25) is 0 Å². The highest BCUT2D eigenvalue weighted by Crippen LogP contribution is 2.52. The first-order chi connectivity index (χ1) is 22.9. The van der Waals surface area contributed by atoms with E-state index in [1.165, 1.54) is 0 Å². The van der Waals surface area contributed by atoms with Crippen LogP contribution in [-0.4, -0.2) is 79.9 Å². The number of anilines is 2. The molecule has 2 aliphatic heterocycles. The van der Waals surface area contributed by atoms with Crippen molar-refractivity contribution in [1.29, 1.82) is 0 Å². The van der Waals surface area contributed by atoms with Crippen LogP contribution in [0.1, 0.15) is 106 Å². The van der Waals surface area contributed by atoms with E-state index in [1.807, 2.05) is 53.7 Å². The van der Waals surface area contributed by atoms with Crippen LogP contribution >= 0.6 is 0 Å². The van der Waals surface area contributed by atoms with Crippen molar-refractivity contribution in [1.82, 2.24) is 9.80 Å². The Morgan fingerprint density at radius 1 is 0.760 bits per heavy atom. The van der Waals surface area contributed by atoms with Crippen LogP contribution in [0.4, 0.5) is 21.0 Å². The first kappa shape index (κ1) is 38.2. The zero-order valence-electron chi connectivity index (χ0n) is 32.9. The van der Waals surface area contributed by atoms with Gasteiger partial charge in [-0.15, -0.1) is 0 Å². The second kappa shape index (κ2) is 13.2. The lowest BCUT2D eigenvalue weighted by Crippen LogP contribution is -2.49. The highest BCUT2D eigenvalue weighted by Gasteiger charge is 2.52. The zero-order chi connectivity index (χ0) is 37.1. The number of carbonyl (C=O) groups excluding carboxylic acids is 2. The predicted molar refractivity (Wildman–Crippen MR) is 202 cm³/mol. The molecular formula is C40H61N3O6Si. The molecule has 50 heavy (non-hydrogen) atoms. The van der Waals surface area contributed by atoms with E-state index in [-0.39, 0.29) is 16.7 Å². The molecule has 2 heterocycles. The van der Waals surface area contributed by atoms with Gasteiger partial charge in [-0.05, 0) is 101 Å². The molecule has 5 rings (SSSR count). The van der Waals surface area contributed by atoms with Gasteiger partial charge in [0.25, 0.3) is 0 Å². The molecule has 0 bridgehead atoms. The molecule has 276 valence electrons. The average molecular weight is 708 g/mol. The minimum absolute atomic E-state index is 0.123. The maximum Gasteiger partial charge on any atom is 0.419 e. The standard InChI is InChI=1S/C40H61N3O6Si/c1-36(2,3)47-34(44)42-22-20-41(21-23-42)26-28-14-17-32-31(24-28)39(10,11)30-16-15-29(25-33(30)43(32)35(45)48-37(4,5)6)46-27-40(18-19-40)49-50(12,13)38(7,8)9/h14-17,24-25H,18-23,26-27H2,1-13H3. The van der Waals surface area contributed by atoms with E-state index in [4.69, 9.17) is 18.6 Å². The summed E-state index contributed by atoms with van der Waals surface area (Å²) >= 11 is 0. The summed E-state index contributed by atoms with van der Waals surface area (Å²) in [5.74, 6) is 0.712. The van der Waals surface area contributed by atoms with Gasteiger partial charge in [0.1, 0.15) is 23.6 Å². The number of rotatable bonds is 7. The van der Waals surface area contributed by atoms with E-state index >= 15 is 0 Å². The topological polar surface area (TPSA) is 80.8 Å². The van der Waals surface area contributed by atoms with Gasteiger partial charge >= 0.3 is 12.2 Å². The number of fused-ring (bicyclic) bond motifs is 2. The molecule has 10 heteroatoms. The quantitative estimate of drug-likeness (QED) is 0.265. The van der Waals surface area contributed by atoms with Gasteiger partial charge in [0, 0.05) is 44.2 Å². The number of carbonyl (C=O) groups is 2. The fraction of sp³-hybridized carbons (Fsp3) is 0.650. The highest BCUT2D eigenvalue weighted by atomic mass is 28.4. The molecule has 0 unspecified atom stereocenters. The Kier molecular flexibility index (Phi) is 10.0. The monoisotopic (exact) mass is 707 g/mol. The van der Waals surface area contributed by atoms with Crippen molar-refractivity contribution in [3.05, 3.63) is 53.1 Å². The van der Waals surface area contributed by atoms with Crippen molar-refractivity contribution >= 4 is 31.9 Å². The van der Waals surface area contributed by atoms with Crippen molar-refractivity contribution in [3.8, 4) is 5.75 Å². The summed E-state index contributed by atoms with van der Waals surface area (Å²) in [5.41, 5.74) is 3.03. The largest absolute Gasteiger partial charge is 0.491 e. The van der Waals surface area contributed by atoms with Gasteiger partial charge in [-0.2, -0.15) is 0 Å². The SMILES string of the molecule is CC(C)(C)OC(=O)N1CCN(Cc2ccc3c(c2)C(C)(C)c2ccc(OCC4(O[Si](C)(C)C(C)(C)C)CC4)cc2N3C(=O)OC(C)(C)C)CC1. The summed E-state index contributed by atoms with van der Waals surface area (Å²) in [6.07, 6.45) is 1.32. The second-order valence-electron chi connectivity index (χ2n) is 18.5. The minimum atomic E-state index is -1.96. The number of benzene rings is 2. The Labute approximate surface area is 301 Å². The average Bonchev–Trinajstić information content (AvgIpc) is 3.73. The van der Waals surface area contributed by atoms with Gasteiger partial charge in [0.05, 0.1) is 17.0 Å². The third kappa shape index (κ3) is 8.51. The fourth-order valence-corrected chi connectivity index (χ4v) is 8.12. The van der Waals surface area contributed by atoms with Crippen LogP contribution in [0.3, 0.4) is 0 Å². The molecule has 2 fully saturated rings. The number of hydrogen-bond donors (Lipinski definition) is 0. The number of nitrogens with zero attached hydrogens (tertiary/aromatic N) is 3. The van der Waals surface area contributed by atoms with Gasteiger partial charge in [-0.1, -0.05) is 52.8 Å². The Morgan fingerprint density at radius 2 is 1.36 bits per heavy atom. The van der Waals surface area contributed by atoms with Crippen molar-refractivity contribution in [2.24, 2.45) is 0 Å². The molecule has 1 saturated heterocycles. The normalized spacial score (nSPS) is 19.0. The van der Waals surface area contributed by atoms with E-state index in [0.29, 0.717) is 25.4 Å². The molecule has 1 aliphatic carbocycles. The molecule has 0 atom stereocenters. The number of hydrogen-bond acceptors (Lipinski definition) is 7. The van der Waals surface area contributed by atoms with Gasteiger partial charge < -0.3 is 23.5 Å². The molecule has 2 aromatic carbocycles. The van der Waals surface area contributed by atoms with E-state index in [0.717, 1.165) is 60.5 Å². The lowest BCUT2D eigenvalue weighted by Gasteiger charge is -2.42. The van der Waals surface area contributed by atoms with Crippen LogP contribution in [0.5, 0.6) is 5.75 Å². The van der Waals surface area contributed by atoms with Crippen LogP contribution in [-0.2, 0) is 25.9 Å². The van der Waals surface area contributed by atoms with Crippen LogP contribution in [0.15, 0.2) is 36.4 Å². The van der Waals surface area contributed by atoms with Gasteiger partial charge in [-0.3, -0.25) is 4.90 Å². The summed E-state index contributed by atoms with van der Waals surface area (Å²) in [4.78, 5) is 32.5. The molecule has 0 aromatic heterocycles. The molecule has 0 spiro atoms. The fourth-order valence-electron chi connectivity index (χ4n) is 6.47. The molecule has 0 radical (unpaired) electrons. The predicted octanol–water partition coefficient (Wildman–Crippen LogP) is 9.39. The van der Waals surface area contributed by atoms with Crippen molar-refractivity contribution in [3.63, 3.8) is 0 Å². The van der Waals surface area contributed by atoms with Crippen LogP contribution in [0.2, 0.25) is 18.1 Å². The Balaban J connectivity index is 1.38. The maximum absolute atomic E-state index is 14.0. The third-order valence-electron chi connectivity index (χ3n) is 10.5.